The number of aromatic nitrogens is 2. The minimum atomic E-state index is -1.95. The second kappa shape index (κ2) is 14.5. The summed E-state index contributed by atoms with van der Waals surface area (Å²) >= 11 is 0. The standard InChI is InChI=1S/C36H36F2N6O9/c1-3-19-20-12-18(52-16-23-25(37)10-17(11-26(23)38)41-31(45)28(43-35(49)50)6-5-9-40-34(39)48)7-8-27(20)42-30-21(19)14-44-29(30)13-24-22(32(44)46)15-53-33(47)36(24,51)4-2/h7-8,10-13,28,43,51H,3-6,9,14-16H2,1-2H3,(H,41,45)(H,49,50)(H3,39,40,48)/t28?,36-/m0/s1. The summed E-state index contributed by atoms with van der Waals surface area (Å²) in [6, 6.07) is 6.30. The molecule has 15 nitrogen and oxygen atoms in total. The Morgan fingerprint density at radius 1 is 1.09 bits per heavy atom. The molecule has 0 bridgehead atoms. The molecule has 0 saturated heterocycles. The van der Waals surface area contributed by atoms with Crippen molar-refractivity contribution in [3.05, 3.63) is 86.2 Å². The Balaban J connectivity index is 1.21. The highest BCUT2D eigenvalue weighted by Gasteiger charge is 2.45. The highest BCUT2D eigenvalue weighted by molar-refractivity contribution is 5.96. The van der Waals surface area contributed by atoms with Gasteiger partial charge in [0.25, 0.3) is 5.56 Å². The van der Waals surface area contributed by atoms with Crippen LogP contribution in [0.5, 0.6) is 5.75 Å². The number of carboxylic acid groups (broad SMARTS) is 1. The zero-order valence-corrected chi connectivity index (χ0v) is 28.7. The van der Waals surface area contributed by atoms with Crippen LogP contribution in [-0.2, 0) is 46.1 Å². The maximum Gasteiger partial charge on any atom is 0.405 e. The van der Waals surface area contributed by atoms with Gasteiger partial charge in [-0.3, -0.25) is 9.59 Å². The predicted molar refractivity (Wildman–Crippen MR) is 185 cm³/mol. The van der Waals surface area contributed by atoms with Crippen molar-refractivity contribution in [3.8, 4) is 17.1 Å². The first kappa shape index (κ1) is 36.7. The number of cyclic esters (lactones) is 1. The number of nitrogens with two attached hydrogens (primary N) is 1. The Morgan fingerprint density at radius 3 is 2.49 bits per heavy atom. The number of nitrogens with zero attached hydrogens (tertiary/aromatic N) is 2. The lowest BCUT2D eigenvalue weighted by molar-refractivity contribution is -0.172. The molecule has 0 spiro atoms. The summed E-state index contributed by atoms with van der Waals surface area (Å²) in [7, 11) is 0. The van der Waals surface area contributed by atoms with Crippen molar-refractivity contribution in [2.24, 2.45) is 5.73 Å². The van der Waals surface area contributed by atoms with Gasteiger partial charge in [-0.25, -0.2) is 28.1 Å². The Kier molecular flexibility index (Phi) is 10.0. The van der Waals surface area contributed by atoms with Crippen molar-refractivity contribution in [1.29, 1.82) is 0 Å². The lowest BCUT2D eigenvalue weighted by atomic mass is 9.86. The van der Waals surface area contributed by atoms with E-state index >= 15 is 8.78 Å². The molecule has 2 aliphatic rings. The lowest BCUT2D eigenvalue weighted by Gasteiger charge is -2.31. The first-order valence-corrected chi connectivity index (χ1v) is 16.8. The molecule has 53 heavy (non-hydrogen) atoms. The lowest BCUT2D eigenvalue weighted by Crippen LogP contribution is -2.44. The number of esters is 1. The third-order valence-electron chi connectivity index (χ3n) is 9.51. The van der Waals surface area contributed by atoms with Crippen LogP contribution in [0.25, 0.3) is 22.3 Å². The van der Waals surface area contributed by atoms with Crippen LogP contribution in [0.15, 0.2) is 41.2 Å². The average molecular weight is 735 g/mol. The highest BCUT2D eigenvalue weighted by Crippen LogP contribution is 2.41. The quantitative estimate of drug-likeness (QED) is 0.0808. The SMILES string of the molecule is CCc1c2c(nc3ccc(OCc4c(F)cc(NC(=O)C(CCCNC(N)=O)NC(=O)O)cc4F)cc13)-c1cc3c(c(=O)n1C2)COC(=O)[C@]3(O)CC. The molecule has 0 aliphatic carbocycles. The number of nitrogens with one attached hydrogen (secondary N) is 3. The van der Waals surface area contributed by atoms with Crippen LogP contribution in [0.4, 0.5) is 24.1 Å². The largest absolute Gasteiger partial charge is 0.489 e. The average Bonchev–Trinajstić information content (AvgIpc) is 3.48. The van der Waals surface area contributed by atoms with Gasteiger partial charge in [0, 0.05) is 28.7 Å². The van der Waals surface area contributed by atoms with E-state index in [2.05, 4.69) is 10.6 Å². The molecule has 17 heteroatoms. The number of primary amides is 1. The van der Waals surface area contributed by atoms with Crippen LogP contribution in [0.3, 0.4) is 0 Å². The van der Waals surface area contributed by atoms with Gasteiger partial charge in [-0.2, -0.15) is 0 Å². The number of aryl methyl sites for hydroxylation is 1. The monoisotopic (exact) mass is 734 g/mol. The summed E-state index contributed by atoms with van der Waals surface area (Å²) < 4.78 is 42.9. The van der Waals surface area contributed by atoms with Crippen molar-refractivity contribution in [1.82, 2.24) is 20.2 Å². The molecule has 2 aromatic carbocycles. The maximum absolute atomic E-state index is 15.2. The maximum atomic E-state index is 15.2. The van der Waals surface area contributed by atoms with Crippen molar-refractivity contribution in [3.63, 3.8) is 0 Å². The van der Waals surface area contributed by atoms with E-state index < -0.39 is 59.4 Å². The smallest absolute Gasteiger partial charge is 0.405 e. The molecule has 7 N–H and O–H groups in total. The fourth-order valence-electron chi connectivity index (χ4n) is 6.77. The third kappa shape index (κ3) is 6.94. The Morgan fingerprint density at radius 2 is 1.83 bits per heavy atom. The summed E-state index contributed by atoms with van der Waals surface area (Å²) in [4.78, 5) is 65.8. The van der Waals surface area contributed by atoms with Gasteiger partial charge in [0.1, 0.15) is 36.6 Å². The molecule has 0 radical (unpaired) electrons. The fourth-order valence-corrected chi connectivity index (χ4v) is 6.77. The van der Waals surface area contributed by atoms with Crippen molar-refractivity contribution >= 4 is 40.6 Å². The second-order valence-corrected chi connectivity index (χ2v) is 12.7. The predicted octanol–water partition coefficient (Wildman–Crippen LogP) is 3.52. The van der Waals surface area contributed by atoms with Crippen LogP contribution >= 0.6 is 0 Å². The molecule has 2 atom stereocenters. The van der Waals surface area contributed by atoms with Gasteiger partial charge in [0.15, 0.2) is 5.60 Å². The number of fused-ring (bicyclic) bond motifs is 5. The van der Waals surface area contributed by atoms with E-state index in [1.54, 1.807) is 35.8 Å². The first-order valence-electron chi connectivity index (χ1n) is 16.8. The summed E-state index contributed by atoms with van der Waals surface area (Å²) in [5.74, 6) is -3.43. The van der Waals surface area contributed by atoms with Gasteiger partial charge in [-0.15, -0.1) is 0 Å². The number of amides is 4. The summed E-state index contributed by atoms with van der Waals surface area (Å²) in [5.41, 5.74) is 5.64. The number of carbonyl (C=O) groups excluding carboxylic acids is 3. The van der Waals surface area contributed by atoms with Gasteiger partial charge >= 0.3 is 18.1 Å². The zero-order chi connectivity index (χ0) is 38.2. The van der Waals surface area contributed by atoms with E-state index in [0.717, 1.165) is 23.3 Å². The van der Waals surface area contributed by atoms with Crippen LogP contribution < -0.4 is 32.0 Å². The fraction of sp³-hybridized carbons (Fsp3) is 0.333. The highest BCUT2D eigenvalue weighted by atomic mass is 19.1. The van der Waals surface area contributed by atoms with Crippen LogP contribution in [0, 0.1) is 11.6 Å². The number of carbonyl (C=O) groups is 4. The normalized spacial score (nSPS) is 16.2. The number of benzene rings is 2. The van der Waals surface area contributed by atoms with Crippen molar-refractivity contribution in [2.45, 2.75) is 70.9 Å². The van der Waals surface area contributed by atoms with Crippen molar-refractivity contribution in [2.75, 3.05) is 11.9 Å². The molecule has 2 aliphatic heterocycles. The van der Waals surface area contributed by atoms with Gasteiger partial charge in [-0.05, 0) is 67.6 Å². The van der Waals surface area contributed by atoms with Crippen molar-refractivity contribution < 1.29 is 47.6 Å². The minimum Gasteiger partial charge on any atom is -0.489 e. The molecule has 4 heterocycles. The van der Waals surface area contributed by atoms with Crippen LogP contribution in [0.2, 0.25) is 0 Å². The number of rotatable bonds is 12. The number of pyridine rings is 2. The minimum absolute atomic E-state index is 0.0179. The van der Waals surface area contributed by atoms with E-state index in [9.17, 15) is 29.1 Å². The molecule has 278 valence electrons. The number of aliphatic hydroxyl groups is 1. The molecule has 4 amide bonds. The number of hydrogen-bond donors (Lipinski definition) is 6. The second-order valence-electron chi connectivity index (χ2n) is 12.7. The molecule has 0 saturated carbocycles. The van der Waals surface area contributed by atoms with Gasteiger partial charge < -0.3 is 45.9 Å². The molecule has 1 unspecified atom stereocenters. The number of anilines is 1. The topological polar surface area (TPSA) is 224 Å². The van der Waals surface area contributed by atoms with E-state index in [4.69, 9.17) is 25.3 Å². The molecule has 0 fully saturated rings. The molecule has 4 aromatic rings. The molecule has 2 aromatic heterocycles. The third-order valence-corrected chi connectivity index (χ3v) is 9.51. The molecular weight excluding hydrogens is 698 g/mol. The van der Waals surface area contributed by atoms with E-state index in [0.29, 0.717) is 28.7 Å². The zero-order valence-electron chi connectivity index (χ0n) is 28.7. The first-order chi connectivity index (χ1) is 25.2. The Bertz CT molecular complexity index is 2220. The van der Waals surface area contributed by atoms with Gasteiger partial charge in [-0.1, -0.05) is 13.8 Å². The number of halogens is 2. The van der Waals surface area contributed by atoms with E-state index in [1.165, 1.54) is 0 Å². The van der Waals surface area contributed by atoms with Crippen LogP contribution in [0.1, 0.15) is 60.9 Å². The van der Waals surface area contributed by atoms with Gasteiger partial charge in [0.2, 0.25) is 5.91 Å². The number of hydrogen-bond acceptors (Lipinski definition) is 9. The van der Waals surface area contributed by atoms with E-state index in [-0.39, 0.29) is 67.1 Å². The Hall–Kier alpha value is -6.10. The van der Waals surface area contributed by atoms with E-state index in [1.807, 2.05) is 12.2 Å². The summed E-state index contributed by atoms with van der Waals surface area (Å²) in [6.07, 6.45) is -0.780. The number of urea groups is 1. The molecule has 6 rings (SSSR count). The number of ether oxygens (including phenoxy) is 2. The Labute approximate surface area is 300 Å². The van der Waals surface area contributed by atoms with Crippen LogP contribution in [-0.4, -0.2) is 56.4 Å². The van der Waals surface area contributed by atoms with Gasteiger partial charge in [0.05, 0.1) is 34.6 Å². The molecular formula is C36H36F2N6O9. The summed E-state index contributed by atoms with van der Waals surface area (Å²) in [6.45, 7) is 3.09. The summed E-state index contributed by atoms with van der Waals surface area (Å²) in [5, 5.41) is 27.6.